The Hall–Kier alpha value is -2.65. The van der Waals surface area contributed by atoms with Crippen LogP contribution in [0.5, 0.6) is 0 Å². The van der Waals surface area contributed by atoms with Gasteiger partial charge in [0.2, 0.25) is 0 Å². The number of hydrogen-bond acceptors (Lipinski definition) is 6. The molecule has 0 unspecified atom stereocenters. The predicted molar refractivity (Wildman–Crippen MR) is 123 cm³/mol. The van der Waals surface area contributed by atoms with Gasteiger partial charge in [-0.25, -0.2) is 0 Å². The molecule has 0 aliphatic carbocycles. The van der Waals surface area contributed by atoms with Crippen LogP contribution < -0.4 is 10.2 Å². The molecular formula is C22H25BrN4O4. The smallest absolute Gasteiger partial charge is 0.292 e. The highest BCUT2D eigenvalue weighted by atomic mass is 79.9. The molecule has 0 saturated carbocycles. The van der Waals surface area contributed by atoms with Crippen molar-refractivity contribution >= 4 is 38.9 Å². The van der Waals surface area contributed by atoms with Crippen LogP contribution in [0.4, 0.5) is 17.1 Å². The molecule has 2 aliphatic heterocycles. The van der Waals surface area contributed by atoms with Gasteiger partial charge >= 0.3 is 0 Å². The summed E-state index contributed by atoms with van der Waals surface area (Å²) < 4.78 is 6.41. The average molecular weight is 489 g/mol. The lowest BCUT2D eigenvalue weighted by Crippen LogP contribution is -2.48. The van der Waals surface area contributed by atoms with E-state index in [0.717, 1.165) is 29.6 Å². The molecule has 2 aromatic rings. The van der Waals surface area contributed by atoms with Crippen molar-refractivity contribution in [3.8, 4) is 0 Å². The summed E-state index contributed by atoms with van der Waals surface area (Å²) in [5, 5.41) is 14.7. The first-order chi connectivity index (χ1) is 15.0. The van der Waals surface area contributed by atoms with Crippen LogP contribution in [0, 0.1) is 10.1 Å². The van der Waals surface area contributed by atoms with Gasteiger partial charge in [0.25, 0.3) is 11.6 Å². The van der Waals surface area contributed by atoms with Gasteiger partial charge in [-0.05, 0) is 53.0 Å². The van der Waals surface area contributed by atoms with Gasteiger partial charge in [-0.1, -0.05) is 12.1 Å². The normalized spacial score (nSPS) is 18.8. The van der Waals surface area contributed by atoms with Gasteiger partial charge in [0.1, 0.15) is 5.69 Å². The molecule has 0 aromatic heterocycles. The minimum Gasteiger partial charge on any atom is -0.377 e. The molecule has 4 rings (SSSR count). The van der Waals surface area contributed by atoms with Crippen molar-refractivity contribution in [3.05, 3.63) is 62.6 Å². The van der Waals surface area contributed by atoms with E-state index < -0.39 is 0 Å². The molecule has 31 heavy (non-hydrogen) atoms. The van der Waals surface area contributed by atoms with Crippen LogP contribution >= 0.6 is 15.9 Å². The number of amides is 1. The summed E-state index contributed by atoms with van der Waals surface area (Å²) in [5.74, 6) is 0.00902. The molecule has 8 nitrogen and oxygen atoms in total. The quantitative estimate of drug-likeness (QED) is 0.489. The zero-order valence-electron chi connectivity index (χ0n) is 17.1. The summed E-state index contributed by atoms with van der Waals surface area (Å²) in [6.07, 6.45) is 2.08. The molecule has 0 radical (unpaired) electrons. The maximum absolute atomic E-state index is 12.8. The van der Waals surface area contributed by atoms with Crippen LogP contribution in [0.2, 0.25) is 0 Å². The second-order valence-electron chi connectivity index (χ2n) is 7.73. The number of hydrogen-bond donors (Lipinski definition) is 1. The third kappa shape index (κ3) is 4.99. The van der Waals surface area contributed by atoms with Crippen molar-refractivity contribution in [2.75, 3.05) is 49.5 Å². The number of nitrogens with one attached hydrogen (secondary N) is 1. The zero-order valence-corrected chi connectivity index (χ0v) is 18.7. The number of carbonyl (C=O) groups is 1. The molecule has 1 amide bonds. The van der Waals surface area contributed by atoms with Gasteiger partial charge in [-0.2, -0.15) is 0 Å². The van der Waals surface area contributed by atoms with E-state index >= 15 is 0 Å². The largest absolute Gasteiger partial charge is 0.377 e. The lowest BCUT2D eigenvalue weighted by molar-refractivity contribution is -0.383. The standard InChI is InChI=1S/C22H25BrN4O4/c23-19-6-2-1-5-18(19)22(28)26-11-9-25(10-12-26)16-7-8-21(27(29)30)20(14-16)24-15-17-4-3-13-31-17/h1-2,5-8,14,17,24H,3-4,9-13,15H2/t17-/m1/s1. The molecule has 2 fully saturated rings. The number of halogens is 1. The Kier molecular flexibility index (Phi) is 6.72. The number of rotatable bonds is 6. The Labute approximate surface area is 189 Å². The van der Waals surface area contributed by atoms with Gasteiger partial charge < -0.3 is 19.9 Å². The van der Waals surface area contributed by atoms with Crippen molar-refractivity contribution in [3.63, 3.8) is 0 Å². The Morgan fingerprint density at radius 3 is 2.65 bits per heavy atom. The topological polar surface area (TPSA) is 88.0 Å². The van der Waals surface area contributed by atoms with Crippen LogP contribution in [0.15, 0.2) is 46.9 Å². The summed E-state index contributed by atoms with van der Waals surface area (Å²) >= 11 is 3.45. The van der Waals surface area contributed by atoms with Gasteiger partial charge in [0, 0.05) is 55.6 Å². The summed E-state index contributed by atoms with van der Waals surface area (Å²) in [7, 11) is 0. The van der Waals surface area contributed by atoms with Crippen molar-refractivity contribution < 1.29 is 14.5 Å². The van der Waals surface area contributed by atoms with E-state index in [1.54, 1.807) is 12.1 Å². The zero-order chi connectivity index (χ0) is 21.8. The van der Waals surface area contributed by atoms with Gasteiger partial charge in [-0.3, -0.25) is 14.9 Å². The number of nitro benzene ring substituents is 1. The summed E-state index contributed by atoms with van der Waals surface area (Å²) in [6, 6.07) is 12.6. The van der Waals surface area contributed by atoms with Crippen molar-refractivity contribution in [2.45, 2.75) is 18.9 Å². The van der Waals surface area contributed by atoms with E-state index in [2.05, 4.69) is 26.1 Å². The van der Waals surface area contributed by atoms with E-state index in [1.807, 2.05) is 35.2 Å². The van der Waals surface area contributed by atoms with E-state index in [1.165, 1.54) is 0 Å². The molecule has 9 heteroatoms. The Morgan fingerprint density at radius 2 is 1.97 bits per heavy atom. The van der Waals surface area contributed by atoms with Gasteiger partial charge in [0.05, 0.1) is 16.6 Å². The SMILES string of the molecule is O=C(c1ccccc1Br)N1CCN(c2ccc([N+](=O)[O-])c(NC[C@H]3CCCO3)c2)CC1. The monoisotopic (exact) mass is 488 g/mol. The summed E-state index contributed by atoms with van der Waals surface area (Å²) in [6.45, 7) is 3.82. The van der Waals surface area contributed by atoms with Crippen LogP contribution in [0.1, 0.15) is 23.2 Å². The molecular weight excluding hydrogens is 464 g/mol. The number of carbonyl (C=O) groups excluding carboxylic acids is 1. The highest BCUT2D eigenvalue weighted by molar-refractivity contribution is 9.10. The summed E-state index contributed by atoms with van der Waals surface area (Å²) in [4.78, 5) is 27.9. The number of nitrogens with zero attached hydrogens (tertiary/aromatic N) is 3. The lowest BCUT2D eigenvalue weighted by Gasteiger charge is -2.36. The third-order valence-electron chi connectivity index (χ3n) is 5.76. The van der Waals surface area contributed by atoms with Crippen LogP contribution in [0.3, 0.4) is 0 Å². The fraction of sp³-hybridized carbons (Fsp3) is 0.409. The molecule has 2 aromatic carbocycles. The number of nitro groups is 1. The number of benzene rings is 2. The second-order valence-corrected chi connectivity index (χ2v) is 8.59. The van der Waals surface area contributed by atoms with Crippen molar-refractivity contribution in [2.24, 2.45) is 0 Å². The van der Waals surface area contributed by atoms with Gasteiger partial charge in [0.15, 0.2) is 0 Å². The van der Waals surface area contributed by atoms with Crippen molar-refractivity contribution in [1.82, 2.24) is 4.90 Å². The molecule has 164 valence electrons. The summed E-state index contributed by atoms with van der Waals surface area (Å²) in [5.41, 5.74) is 2.13. The lowest BCUT2D eigenvalue weighted by atomic mass is 10.1. The maximum Gasteiger partial charge on any atom is 0.292 e. The number of ether oxygens (including phenoxy) is 1. The average Bonchev–Trinajstić information content (AvgIpc) is 3.31. The van der Waals surface area contributed by atoms with Gasteiger partial charge in [-0.15, -0.1) is 0 Å². The fourth-order valence-corrected chi connectivity index (χ4v) is 4.48. The minimum absolute atomic E-state index is 0.00902. The van der Waals surface area contributed by atoms with Crippen LogP contribution in [0.25, 0.3) is 0 Å². The molecule has 1 N–H and O–H groups in total. The Bertz CT molecular complexity index is 956. The molecule has 2 heterocycles. The first-order valence-electron chi connectivity index (χ1n) is 10.5. The first-order valence-corrected chi connectivity index (χ1v) is 11.2. The molecule has 0 spiro atoms. The van der Waals surface area contributed by atoms with E-state index in [9.17, 15) is 14.9 Å². The van der Waals surface area contributed by atoms with E-state index in [4.69, 9.17) is 4.74 Å². The van der Waals surface area contributed by atoms with E-state index in [0.29, 0.717) is 44.0 Å². The minimum atomic E-state index is -0.365. The highest BCUT2D eigenvalue weighted by Crippen LogP contribution is 2.31. The predicted octanol–water partition coefficient (Wildman–Crippen LogP) is 3.91. The van der Waals surface area contributed by atoms with Crippen LogP contribution in [-0.2, 0) is 4.74 Å². The second kappa shape index (κ2) is 9.65. The molecule has 2 saturated heterocycles. The van der Waals surface area contributed by atoms with Crippen LogP contribution in [-0.4, -0.2) is 61.2 Å². The number of anilines is 2. The first kappa shape index (κ1) is 21.6. The molecule has 1 atom stereocenters. The fourth-order valence-electron chi connectivity index (χ4n) is 4.02. The molecule has 2 aliphatic rings. The maximum atomic E-state index is 12.8. The third-order valence-corrected chi connectivity index (χ3v) is 6.45. The van der Waals surface area contributed by atoms with Crippen molar-refractivity contribution in [1.29, 1.82) is 0 Å². The highest BCUT2D eigenvalue weighted by Gasteiger charge is 2.25. The molecule has 0 bridgehead atoms. The Balaban J connectivity index is 1.42. The Morgan fingerprint density at radius 1 is 1.19 bits per heavy atom. The van der Waals surface area contributed by atoms with E-state index in [-0.39, 0.29) is 22.6 Å². The number of piperazine rings is 1.